The van der Waals surface area contributed by atoms with E-state index < -0.39 is 0 Å². The van der Waals surface area contributed by atoms with Gasteiger partial charge in [-0.3, -0.25) is 14.3 Å². The number of aromatic nitrogens is 3. The van der Waals surface area contributed by atoms with Gasteiger partial charge >= 0.3 is 0 Å². The summed E-state index contributed by atoms with van der Waals surface area (Å²) in [6, 6.07) is 13.2. The van der Waals surface area contributed by atoms with E-state index in [1.807, 2.05) is 42.5 Å². The van der Waals surface area contributed by atoms with Crippen molar-refractivity contribution in [3.63, 3.8) is 0 Å². The van der Waals surface area contributed by atoms with Crippen molar-refractivity contribution >= 4 is 16.9 Å². The Morgan fingerprint density at radius 1 is 1.20 bits per heavy atom. The van der Waals surface area contributed by atoms with Crippen molar-refractivity contribution in [3.8, 4) is 0 Å². The molecule has 3 aromatic rings. The maximum absolute atomic E-state index is 13.0. The van der Waals surface area contributed by atoms with E-state index >= 15 is 0 Å². The molecule has 0 spiro atoms. The van der Waals surface area contributed by atoms with Gasteiger partial charge in [-0.15, -0.1) is 0 Å². The minimum Gasteiger partial charge on any atom is -0.376 e. The van der Waals surface area contributed by atoms with Gasteiger partial charge in [0.25, 0.3) is 5.56 Å². The second-order valence-corrected chi connectivity index (χ2v) is 6.18. The monoisotopic (exact) mass is 336 g/mol. The van der Waals surface area contributed by atoms with Gasteiger partial charge in [0, 0.05) is 12.8 Å². The van der Waals surface area contributed by atoms with E-state index in [1.165, 1.54) is 0 Å². The number of nitrogens with zero attached hydrogens (tertiary/aromatic N) is 3. The molecule has 1 fully saturated rings. The number of ether oxygens (including phenoxy) is 1. The molecule has 1 aliphatic heterocycles. The summed E-state index contributed by atoms with van der Waals surface area (Å²) in [5, 5.41) is 3.90. The van der Waals surface area contributed by atoms with Crippen LogP contribution in [0.1, 0.15) is 18.5 Å². The Hall–Kier alpha value is -2.73. The number of fused-ring (bicyclic) bond motifs is 1. The third-order valence-corrected chi connectivity index (χ3v) is 4.43. The Labute approximate surface area is 145 Å². The van der Waals surface area contributed by atoms with Crippen LogP contribution in [-0.2, 0) is 17.8 Å². The molecule has 6 nitrogen and oxygen atoms in total. The van der Waals surface area contributed by atoms with Crippen LogP contribution < -0.4 is 10.9 Å². The Kier molecular flexibility index (Phi) is 4.43. The number of nitrogens with one attached hydrogen (secondary N) is 1. The lowest BCUT2D eigenvalue weighted by Gasteiger charge is -2.17. The van der Waals surface area contributed by atoms with Crippen LogP contribution in [0, 0.1) is 0 Å². The van der Waals surface area contributed by atoms with Crippen molar-refractivity contribution in [3.05, 3.63) is 64.7 Å². The molecule has 3 heterocycles. The average Bonchev–Trinajstić information content (AvgIpc) is 3.17. The number of rotatable bonds is 5. The highest BCUT2D eigenvalue weighted by Gasteiger charge is 2.19. The van der Waals surface area contributed by atoms with Crippen molar-refractivity contribution in [1.29, 1.82) is 0 Å². The highest BCUT2D eigenvalue weighted by Crippen LogP contribution is 2.17. The van der Waals surface area contributed by atoms with E-state index in [0.717, 1.165) is 25.1 Å². The molecule has 1 aliphatic rings. The predicted octanol–water partition coefficient (Wildman–Crippen LogP) is 2.58. The van der Waals surface area contributed by atoms with Crippen molar-refractivity contribution in [1.82, 2.24) is 14.5 Å². The van der Waals surface area contributed by atoms with Crippen LogP contribution in [0.2, 0.25) is 0 Å². The average molecular weight is 336 g/mol. The Morgan fingerprint density at radius 3 is 2.88 bits per heavy atom. The maximum atomic E-state index is 13.0. The molecule has 4 rings (SSSR count). The minimum absolute atomic E-state index is 0.0374. The molecule has 0 unspecified atom stereocenters. The van der Waals surface area contributed by atoms with Gasteiger partial charge < -0.3 is 10.1 Å². The molecule has 0 bridgehead atoms. The number of hydrogen-bond acceptors (Lipinski definition) is 5. The second-order valence-electron chi connectivity index (χ2n) is 6.18. The van der Waals surface area contributed by atoms with Crippen LogP contribution in [0.3, 0.4) is 0 Å². The van der Waals surface area contributed by atoms with Crippen molar-refractivity contribution in [2.24, 2.45) is 0 Å². The number of anilines is 1. The van der Waals surface area contributed by atoms with Gasteiger partial charge in [-0.1, -0.05) is 18.2 Å². The van der Waals surface area contributed by atoms with Gasteiger partial charge in [0.05, 0.1) is 35.8 Å². The molecule has 1 atom stereocenters. The predicted molar refractivity (Wildman–Crippen MR) is 96.5 cm³/mol. The molecule has 1 N–H and O–H groups in total. The van der Waals surface area contributed by atoms with Crippen molar-refractivity contribution < 1.29 is 4.74 Å². The molecule has 1 aromatic carbocycles. The van der Waals surface area contributed by atoms with E-state index in [2.05, 4.69) is 15.3 Å². The smallest absolute Gasteiger partial charge is 0.262 e. The van der Waals surface area contributed by atoms with Crippen molar-refractivity contribution in [2.75, 3.05) is 11.9 Å². The summed E-state index contributed by atoms with van der Waals surface area (Å²) in [6.07, 6.45) is 3.83. The van der Waals surface area contributed by atoms with Crippen LogP contribution >= 0.6 is 0 Å². The van der Waals surface area contributed by atoms with Gasteiger partial charge in [-0.2, -0.15) is 0 Å². The minimum atomic E-state index is -0.0374. The number of pyridine rings is 1. The fourth-order valence-electron chi connectivity index (χ4n) is 3.14. The van der Waals surface area contributed by atoms with Crippen LogP contribution in [0.5, 0.6) is 0 Å². The molecule has 1 saturated heterocycles. The van der Waals surface area contributed by atoms with Gasteiger partial charge in [-0.05, 0) is 37.1 Å². The van der Waals surface area contributed by atoms with E-state index in [0.29, 0.717) is 29.9 Å². The first kappa shape index (κ1) is 15.8. The third-order valence-electron chi connectivity index (χ3n) is 4.43. The van der Waals surface area contributed by atoms with Crippen LogP contribution in [0.15, 0.2) is 53.5 Å². The summed E-state index contributed by atoms with van der Waals surface area (Å²) >= 11 is 0. The first-order chi connectivity index (χ1) is 12.3. The molecule has 2 aromatic heterocycles. The maximum Gasteiger partial charge on any atom is 0.262 e. The SMILES string of the molecule is O=c1c2ccccc2nc(NCc2ccccn2)n1C[C@H]1CCCO1. The number of para-hydroxylation sites is 1. The fourth-order valence-corrected chi connectivity index (χ4v) is 3.14. The number of benzene rings is 1. The first-order valence-electron chi connectivity index (χ1n) is 8.56. The quantitative estimate of drug-likeness (QED) is 0.775. The lowest BCUT2D eigenvalue weighted by Crippen LogP contribution is -2.30. The largest absolute Gasteiger partial charge is 0.376 e. The van der Waals surface area contributed by atoms with Crippen molar-refractivity contribution in [2.45, 2.75) is 32.0 Å². The van der Waals surface area contributed by atoms with E-state index in [9.17, 15) is 4.79 Å². The second kappa shape index (κ2) is 7.03. The first-order valence-corrected chi connectivity index (χ1v) is 8.56. The zero-order valence-corrected chi connectivity index (χ0v) is 13.9. The van der Waals surface area contributed by atoms with E-state index in [1.54, 1.807) is 10.8 Å². The highest BCUT2D eigenvalue weighted by atomic mass is 16.5. The van der Waals surface area contributed by atoms with E-state index in [4.69, 9.17) is 4.74 Å². The summed E-state index contributed by atoms with van der Waals surface area (Å²) < 4.78 is 7.41. The van der Waals surface area contributed by atoms with Crippen LogP contribution in [-0.4, -0.2) is 27.2 Å². The lowest BCUT2D eigenvalue weighted by molar-refractivity contribution is 0.0965. The Bertz CT molecular complexity index is 918. The molecule has 6 heteroatoms. The summed E-state index contributed by atoms with van der Waals surface area (Å²) in [4.78, 5) is 21.9. The molecule has 128 valence electrons. The summed E-state index contributed by atoms with van der Waals surface area (Å²) in [6.45, 7) is 1.79. The molecular formula is C19H20N4O2. The molecular weight excluding hydrogens is 316 g/mol. The Balaban J connectivity index is 1.70. The summed E-state index contributed by atoms with van der Waals surface area (Å²) in [5.74, 6) is 0.560. The summed E-state index contributed by atoms with van der Waals surface area (Å²) in [5.41, 5.74) is 1.55. The zero-order chi connectivity index (χ0) is 17.1. The molecule has 0 radical (unpaired) electrons. The van der Waals surface area contributed by atoms with Gasteiger partial charge in [0.2, 0.25) is 5.95 Å². The van der Waals surface area contributed by atoms with Gasteiger partial charge in [0.1, 0.15) is 0 Å². The third kappa shape index (κ3) is 3.39. The van der Waals surface area contributed by atoms with E-state index in [-0.39, 0.29) is 11.7 Å². The topological polar surface area (TPSA) is 69.0 Å². The fraction of sp³-hybridized carbons (Fsp3) is 0.316. The lowest BCUT2D eigenvalue weighted by atomic mass is 10.2. The zero-order valence-electron chi connectivity index (χ0n) is 13.9. The number of hydrogen-bond donors (Lipinski definition) is 1. The molecule has 25 heavy (non-hydrogen) atoms. The summed E-state index contributed by atoms with van der Waals surface area (Å²) in [7, 11) is 0. The molecule has 0 saturated carbocycles. The van der Waals surface area contributed by atoms with Gasteiger partial charge in [-0.25, -0.2) is 4.98 Å². The van der Waals surface area contributed by atoms with Gasteiger partial charge in [0.15, 0.2) is 0 Å². The normalized spacial score (nSPS) is 17.0. The standard InChI is InChI=1S/C19H20N4O2/c24-18-16-8-1-2-9-17(16)22-19(21-12-14-6-3-4-10-20-14)23(18)13-15-7-5-11-25-15/h1-4,6,8-10,15H,5,7,11-13H2,(H,21,22)/t15-/m1/s1. The van der Waals surface area contributed by atoms with Crippen LogP contribution in [0.4, 0.5) is 5.95 Å². The highest BCUT2D eigenvalue weighted by molar-refractivity contribution is 5.78. The van der Waals surface area contributed by atoms with Crippen LogP contribution in [0.25, 0.3) is 10.9 Å². The Morgan fingerprint density at radius 2 is 2.08 bits per heavy atom. The molecule has 0 amide bonds. The molecule has 0 aliphatic carbocycles.